The van der Waals surface area contributed by atoms with Crippen LogP contribution in [0, 0.1) is 12.3 Å². The van der Waals surface area contributed by atoms with E-state index >= 15 is 0 Å². The zero-order valence-electron chi connectivity index (χ0n) is 10.4. The van der Waals surface area contributed by atoms with Crippen LogP contribution >= 0.6 is 11.6 Å². The van der Waals surface area contributed by atoms with Gasteiger partial charge in [-0.15, -0.1) is 0 Å². The van der Waals surface area contributed by atoms with Gasteiger partial charge in [0, 0.05) is 17.6 Å². The molecule has 2 aromatic rings. The zero-order chi connectivity index (χ0) is 14.0. The molecule has 6 nitrogen and oxygen atoms in total. The molecule has 1 aromatic heterocycles. The summed E-state index contributed by atoms with van der Waals surface area (Å²) in [6.45, 7) is 1.68. The molecular formula is C12H11ClN5O+. The standard InChI is InChI=1S/C12H10ClN5O/c1-7-10(16-14)11(18(2)17-7)15-12(19)8-4-3-5-9(13)6-8/h3-6H,1-2H3/p+1. The molecule has 1 aromatic carbocycles. The summed E-state index contributed by atoms with van der Waals surface area (Å²) in [5.41, 5.74) is 1.17. The first kappa shape index (κ1) is 13.1. The Balaban J connectivity index is 2.32. The summed E-state index contributed by atoms with van der Waals surface area (Å²) in [6, 6.07) is 6.56. The maximum atomic E-state index is 12.1. The number of amides is 1. The average Bonchev–Trinajstić information content (AvgIpc) is 2.63. The second-order valence-electron chi connectivity index (χ2n) is 3.97. The van der Waals surface area contributed by atoms with Crippen molar-refractivity contribution in [3.63, 3.8) is 0 Å². The fourth-order valence-corrected chi connectivity index (χ4v) is 1.91. The smallest absolute Gasteiger partial charge is 0.300 e. The summed E-state index contributed by atoms with van der Waals surface area (Å²) in [4.78, 5) is 15.2. The highest BCUT2D eigenvalue weighted by Crippen LogP contribution is 2.28. The largest absolute Gasteiger partial charge is 0.449 e. The Morgan fingerprint density at radius 2 is 2.26 bits per heavy atom. The van der Waals surface area contributed by atoms with E-state index in [0.29, 0.717) is 22.1 Å². The second kappa shape index (κ2) is 5.08. The van der Waals surface area contributed by atoms with Crippen molar-refractivity contribution in [3.05, 3.63) is 45.5 Å². The maximum Gasteiger partial charge on any atom is 0.449 e. The third-order valence-corrected chi connectivity index (χ3v) is 2.84. The van der Waals surface area contributed by atoms with Gasteiger partial charge in [0.15, 0.2) is 10.7 Å². The van der Waals surface area contributed by atoms with Crippen LogP contribution in [0.25, 0.3) is 4.98 Å². The Morgan fingerprint density at radius 3 is 2.89 bits per heavy atom. The van der Waals surface area contributed by atoms with Gasteiger partial charge in [0.2, 0.25) is 11.2 Å². The molecule has 1 amide bonds. The highest BCUT2D eigenvalue weighted by Gasteiger charge is 2.26. The summed E-state index contributed by atoms with van der Waals surface area (Å²) in [5.74, 6) is -0.0274. The topological polar surface area (TPSA) is 75.1 Å². The number of benzene rings is 1. The summed E-state index contributed by atoms with van der Waals surface area (Å²) in [5, 5.41) is 16.1. The number of hydrogen-bond acceptors (Lipinski definition) is 3. The second-order valence-corrected chi connectivity index (χ2v) is 4.41. The minimum absolute atomic E-state index is 0.234. The number of hydrogen-bond donors (Lipinski definition) is 1. The van der Waals surface area contributed by atoms with E-state index in [9.17, 15) is 4.79 Å². The predicted octanol–water partition coefficient (Wildman–Crippen LogP) is 3.12. The minimum atomic E-state index is -0.351. The van der Waals surface area contributed by atoms with Crippen molar-refractivity contribution in [3.8, 4) is 0 Å². The molecule has 0 atom stereocenters. The number of anilines is 1. The quantitative estimate of drug-likeness (QED) is 0.856. The van der Waals surface area contributed by atoms with E-state index in [1.165, 1.54) is 4.68 Å². The van der Waals surface area contributed by atoms with Gasteiger partial charge in [-0.1, -0.05) is 17.7 Å². The van der Waals surface area contributed by atoms with Gasteiger partial charge in [-0.3, -0.25) is 10.1 Å². The molecular weight excluding hydrogens is 266 g/mol. The summed E-state index contributed by atoms with van der Waals surface area (Å²) < 4.78 is 1.44. The Bertz CT molecular complexity index is 686. The normalized spacial score (nSPS) is 10.0. The Kier molecular flexibility index (Phi) is 3.49. The highest BCUT2D eigenvalue weighted by molar-refractivity contribution is 6.31. The van der Waals surface area contributed by atoms with E-state index < -0.39 is 0 Å². The lowest BCUT2D eigenvalue weighted by atomic mass is 10.2. The maximum absolute atomic E-state index is 12.1. The van der Waals surface area contributed by atoms with Crippen LogP contribution in [0.15, 0.2) is 24.3 Å². The molecule has 1 heterocycles. The van der Waals surface area contributed by atoms with Gasteiger partial charge in [0.1, 0.15) is 0 Å². The summed E-state index contributed by atoms with van der Waals surface area (Å²) in [6.07, 6.45) is 0. The lowest BCUT2D eigenvalue weighted by Crippen LogP contribution is -2.14. The molecule has 0 radical (unpaired) electrons. The Morgan fingerprint density at radius 1 is 1.53 bits per heavy atom. The number of rotatable bonds is 2. The fourth-order valence-electron chi connectivity index (χ4n) is 1.72. The Hall–Kier alpha value is -2.39. The fraction of sp³-hybridized carbons (Fsp3) is 0.167. The number of carbonyl (C=O) groups excluding carboxylic acids is 1. The van der Waals surface area contributed by atoms with E-state index in [0.717, 1.165) is 0 Å². The monoisotopic (exact) mass is 276 g/mol. The van der Waals surface area contributed by atoms with E-state index in [1.807, 2.05) is 0 Å². The van der Waals surface area contributed by atoms with Gasteiger partial charge in [-0.2, -0.15) is 5.10 Å². The van der Waals surface area contributed by atoms with Crippen LogP contribution in [-0.2, 0) is 7.05 Å². The molecule has 96 valence electrons. The van der Waals surface area contributed by atoms with Gasteiger partial charge in [0.25, 0.3) is 5.91 Å². The molecule has 1 N–H and O–H groups in total. The van der Waals surface area contributed by atoms with Gasteiger partial charge >= 0.3 is 5.69 Å². The first-order chi connectivity index (χ1) is 9.02. The average molecular weight is 277 g/mol. The molecule has 0 aliphatic heterocycles. The Labute approximate surface area is 114 Å². The molecule has 0 bridgehead atoms. The molecule has 0 unspecified atom stereocenters. The summed E-state index contributed by atoms with van der Waals surface area (Å²) in [7, 11) is 1.65. The predicted molar refractivity (Wildman–Crippen MR) is 72.1 cm³/mol. The first-order valence-electron chi connectivity index (χ1n) is 5.48. The van der Waals surface area contributed by atoms with Crippen molar-refractivity contribution >= 4 is 29.0 Å². The van der Waals surface area contributed by atoms with Crippen molar-refractivity contribution < 1.29 is 4.79 Å². The van der Waals surface area contributed by atoms with Crippen LogP contribution in [0.4, 0.5) is 11.5 Å². The van der Waals surface area contributed by atoms with E-state index in [1.54, 1.807) is 38.2 Å². The highest BCUT2D eigenvalue weighted by atomic mass is 35.5. The SMILES string of the molecule is Cc1nn(C)c(NC(=O)c2cccc(Cl)c2)c1[N+]#N. The van der Waals surface area contributed by atoms with Crippen LogP contribution in [0.3, 0.4) is 0 Å². The summed E-state index contributed by atoms with van der Waals surface area (Å²) >= 11 is 5.83. The third-order valence-electron chi connectivity index (χ3n) is 2.61. The number of aryl methyl sites for hydroxylation is 2. The van der Waals surface area contributed by atoms with Crippen LogP contribution in [0.1, 0.15) is 16.1 Å². The molecule has 0 fully saturated rings. The third kappa shape index (κ3) is 2.56. The molecule has 0 spiro atoms. The number of halogens is 1. The van der Waals surface area contributed by atoms with Crippen molar-refractivity contribution in [1.29, 1.82) is 5.39 Å². The van der Waals surface area contributed by atoms with Crippen molar-refractivity contribution in [2.45, 2.75) is 6.92 Å². The zero-order valence-corrected chi connectivity index (χ0v) is 11.1. The molecule has 0 aliphatic rings. The number of nitrogens with one attached hydrogen (secondary N) is 1. The van der Waals surface area contributed by atoms with Gasteiger partial charge < -0.3 is 0 Å². The van der Waals surface area contributed by atoms with Crippen molar-refractivity contribution in [1.82, 2.24) is 9.78 Å². The number of carbonyl (C=O) groups is 1. The first-order valence-corrected chi connectivity index (χ1v) is 5.86. The van der Waals surface area contributed by atoms with Crippen molar-refractivity contribution in [2.24, 2.45) is 7.05 Å². The molecule has 0 aliphatic carbocycles. The van der Waals surface area contributed by atoms with Crippen molar-refractivity contribution in [2.75, 3.05) is 5.32 Å². The van der Waals surface area contributed by atoms with Gasteiger partial charge in [0.05, 0.1) is 0 Å². The van der Waals surface area contributed by atoms with E-state index in [-0.39, 0.29) is 11.6 Å². The molecule has 7 heteroatoms. The lowest BCUT2D eigenvalue weighted by molar-refractivity contribution is 0.102. The number of nitrogens with zero attached hydrogens (tertiary/aromatic N) is 4. The number of aromatic nitrogens is 2. The van der Waals surface area contributed by atoms with Crippen LogP contribution in [0.2, 0.25) is 5.02 Å². The van der Waals surface area contributed by atoms with Crippen LogP contribution in [0.5, 0.6) is 0 Å². The van der Waals surface area contributed by atoms with Gasteiger partial charge in [-0.05, 0) is 25.1 Å². The van der Waals surface area contributed by atoms with Crippen LogP contribution in [-0.4, -0.2) is 15.7 Å². The minimum Gasteiger partial charge on any atom is -0.300 e. The van der Waals surface area contributed by atoms with E-state index in [4.69, 9.17) is 17.0 Å². The van der Waals surface area contributed by atoms with Crippen LogP contribution < -0.4 is 5.32 Å². The molecule has 2 rings (SSSR count). The van der Waals surface area contributed by atoms with Gasteiger partial charge in [-0.25, -0.2) is 4.68 Å². The molecule has 19 heavy (non-hydrogen) atoms. The number of diazo groups is 1. The van der Waals surface area contributed by atoms with E-state index in [2.05, 4.69) is 15.4 Å². The lowest BCUT2D eigenvalue weighted by Gasteiger charge is -2.03. The molecule has 0 saturated carbocycles. The molecule has 0 saturated heterocycles.